The number of rotatable bonds is 83. The molecule has 7 atom stereocenters. The average molecular weight is 1520 g/mol. The van der Waals surface area contributed by atoms with Gasteiger partial charge in [-0.1, -0.05) is 395 Å². The lowest BCUT2D eigenvalue weighted by molar-refractivity contribution is -0.161. The van der Waals surface area contributed by atoms with Crippen LogP contribution in [0.1, 0.15) is 447 Å². The molecular formula is C85H166O17P2. The van der Waals surface area contributed by atoms with Crippen LogP contribution in [0, 0.1) is 17.8 Å². The normalized spacial score (nSPS) is 14.4. The maximum atomic E-state index is 13.1. The Bertz CT molecular complexity index is 2010. The second kappa shape index (κ2) is 75.1. The highest BCUT2D eigenvalue weighted by atomic mass is 31.2. The van der Waals surface area contributed by atoms with Gasteiger partial charge in [-0.15, -0.1) is 0 Å². The highest BCUT2D eigenvalue weighted by molar-refractivity contribution is 7.47. The Labute approximate surface area is 638 Å². The van der Waals surface area contributed by atoms with E-state index in [9.17, 15) is 43.2 Å². The highest BCUT2D eigenvalue weighted by Gasteiger charge is 2.30. The minimum absolute atomic E-state index is 0.103. The molecule has 0 bridgehead atoms. The molecule has 0 saturated carbocycles. The minimum atomic E-state index is -4.97. The van der Waals surface area contributed by atoms with Crippen LogP contribution in [0.5, 0.6) is 0 Å². The molecule has 3 N–H and O–H groups in total. The van der Waals surface area contributed by atoms with E-state index in [4.69, 9.17) is 37.0 Å². The lowest BCUT2D eigenvalue weighted by Gasteiger charge is -2.21. The second-order valence-electron chi connectivity index (χ2n) is 31.5. The van der Waals surface area contributed by atoms with Gasteiger partial charge in [0.1, 0.15) is 19.3 Å². The first-order chi connectivity index (χ1) is 50.3. The maximum absolute atomic E-state index is 13.1. The second-order valence-corrected chi connectivity index (χ2v) is 34.4. The van der Waals surface area contributed by atoms with E-state index >= 15 is 0 Å². The van der Waals surface area contributed by atoms with Gasteiger partial charge >= 0.3 is 39.5 Å². The number of unbranched alkanes of at least 4 members (excludes halogenated alkanes) is 49. The molecule has 0 aliphatic carbocycles. The van der Waals surface area contributed by atoms with E-state index < -0.39 is 97.5 Å². The van der Waals surface area contributed by atoms with Crippen LogP contribution in [0.4, 0.5) is 0 Å². The van der Waals surface area contributed by atoms with Gasteiger partial charge in [0.15, 0.2) is 12.2 Å². The molecule has 0 spiro atoms. The van der Waals surface area contributed by atoms with Crippen LogP contribution in [-0.2, 0) is 65.4 Å². The van der Waals surface area contributed by atoms with Crippen molar-refractivity contribution in [3.8, 4) is 0 Å². The van der Waals surface area contributed by atoms with Crippen molar-refractivity contribution in [3.05, 3.63) is 0 Å². The van der Waals surface area contributed by atoms with Crippen LogP contribution in [0.2, 0.25) is 0 Å². The molecule has 19 heteroatoms. The third-order valence-corrected chi connectivity index (χ3v) is 22.5. The molecule has 0 aliphatic rings. The summed E-state index contributed by atoms with van der Waals surface area (Å²) in [7, 11) is -9.92. The summed E-state index contributed by atoms with van der Waals surface area (Å²) < 4.78 is 68.7. The summed E-state index contributed by atoms with van der Waals surface area (Å²) in [5.74, 6) is 0.184. The fourth-order valence-corrected chi connectivity index (χ4v) is 14.7. The molecule has 0 aromatic heterocycles. The number of aliphatic hydroxyl groups is 1. The van der Waals surface area contributed by atoms with E-state index in [1.807, 2.05) is 0 Å². The fourth-order valence-electron chi connectivity index (χ4n) is 13.1. The molecule has 0 rings (SSSR count). The Kier molecular flexibility index (Phi) is 73.7. The van der Waals surface area contributed by atoms with Gasteiger partial charge < -0.3 is 33.8 Å². The van der Waals surface area contributed by atoms with Gasteiger partial charge in [0.05, 0.1) is 26.4 Å². The molecule has 17 nitrogen and oxygen atoms in total. The van der Waals surface area contributed by atoms with Gasteiger partial charge in [0.2, 0.25) is 0 Å². The molecule has 0 saturated heterocycles. The van der Waals surface area contributed by atoms with Crippen molar-refractivity contribution in [2.45, 2.75) is 465 Å². The summed E-state index contributed by atoms with van der Waals surface area (Å²) in [6, 6.07) is 0. The smallest absolute Gasteiger partial charge is 0.462 e. The van der Waals surface area contributed by atoms with Gasteiger partial charge in [0.25, 0.3) is 0 Å². The van der Waals surface area contributed by atoms with Gasteiger partial charge in [-0.25, -0.2) is 9.13 Å². The van der Waals surface area contributed by atoms with Crippen LogP contribution < -0.4 is 0 Å². The van der Waals surface area contributed by atoms with Crippen molar-refractivity contribution < 1.29 is 80.2 Å². The van der Waals surface area contributed by atoms with E-state index in [-0.39, 0.29) is 25.7 Å². The summed E-state index contributed by atoms with van der Waals surface area (Å²) in [5, 5.41) is 10.6. The average Bonchev–Trinajstić information content (AvgIpc) is 0.905. The third kappa shape index (κ3) is 75.5. The molecule has 0 aromatic carbocycles. The SMILES string of the molecule is CCCCCCCCCCCCCCCCCCCCCCCCC(=O)OC[C@H](COP(=O)(O)OC[C@@H](O)COP(=O)(O)OC[C@@H](COC(=O)CCCCCCCCC(C)CC)OC(=O)CCCCCCCCCC(C)C)OC(=O)CCCCCCCCCCCCCCCCCCCCC(C)CC. The molecule has 0 amide bonds. The zero-order valence-electron chi connectivity index (χ0n) is 68.5. The quantitative estimate of drug-likeness (QED) is 0.0222. The Morgan fingerprint density at radius 2 is 0.490 bits per heavy atom. The van der Waals surface area contributed by atoms with Gasteiger partial charge in [-0.05, 0) is 43.4 Å². The van der Waals surface area contributed by atoms with E-state index in [0.29, 0.717) is 31.6 Å². The number of esters is 4. The summed E-state index contributed by atoms with van der Waals surface area (Å²) in [6.07, 6.45) is 65.7. The maximum Gasteiger partial charge on any atom is 0.472 e. The van der Waals surface area contributed by atoms with Crippen molar-refractivity contribution in [2.75, 3.05) is 39.6 Å². The van der Waals surface area contributed by atoms with Crippen molar-refractivity contribution in [2.24, 2.45) is 17.8 Å². The predicted molar refractivity (Wildman–Crippen MR) is 428 cm³/mol. The molecule has 0 fully saturated rings. The fraction of sp³-hybridized carbons (Fsp3) is 0.953. The van der Waals surface area contributed by atoms with Crippen LogP contribution in [0.3, 0.4) is 0 Å². The Morgan fingerprint density at radius 1 is 0.279 bits per heavy atom. The number of hydrogen-bond donors (Lipinski definition) is 3. The van der Waals surface area contributed by atoms with Crippen molar-refractivity contribution in [1.82, 2.24) is 0 Å². The molecule has 4 unspecified atom stereocenters. The van der Waals surface area contributed by atoms with Gasteiger partial charge in [-0.2, -0.15) is 0 Å². The summed E-state index contributed by atoms with van der Waals surface area (Å²) in [6.45, 7) is 11.9. The Balaban J connectivity index is 5.17. The lowest BCUT2D eigenvalue weighted by Crippen LogP contribution is -2.30. The first-order valence-electron chi connectivity index (χ1n) is 43.9. The minimum Gasteiger partial charge on any atom is -0.462 e. The molecular weight excluding hydrogens is 1350 g/mol. The largest absolute Gasteiger partial charge is 0.472 e. The number of phosphoric ester groups is 2. The van der Waals surface area contributed by atoms with Crippen LogP contribution in [0.15, 0.2) is 0 Å². The first-order valence-corrected chi connectivity index (χ1v) is 46.9. The van der Waals surface area contributed by atoms with Crippen molar-refractivity contribution in [3.63, 3.8) is 0 Å². The van der Waals surface area contributed by atoms with E-state index in [1.54, 1.807) is 0 Å². The predicted octanol–water partition coefficient (Wildman–Crippen LogP) is 25.7. The molecule has 104 heavy (non-hydrogen) atoms. The number of carbonyl (C=O) groups excluding carboxylic acids is 4. The van der Waals surface area contributed by atoms with Crippen LogP contribution in [0.25, 0.3) is 0 Å². The Hall–Kier alpha value is -1.94. The number of carbonyl (C=O) groups is 4. The van der Waals surface area contributed by atoms with Gasteiger partial charge in [-0.3, -0.25) is 37.3 Å². The topological polar surface area (TPSA) is 237 Å². The van der Waals surface area contributed by atoms with Gasteiger partial charge in [0, 0.05) is 25.7 Å². The highest BCUT2D eigenvalue weighted by Crippen LogP contribution is 2.45. The summed E-state index contributed by atoms with van der Waals surface area (Å²) >= 11 is 0. The van der Waals surface area contributed by atoms with Crippen molar-refractivity contribution in [1.29, 1.82) is 0 Å². The summed E-state index contributed by atoms with van der Waals surface area (Å²) in [4.78, 5) is 73.0. The molecule has 0 heterocycles. The third-order valence-electron chi connectivity index (χ3n) is 20.6. The number of phosphoric acid groups is 2. The number of hydrogen-bond acceptors (Lipinski definition) is 15. The number of ether oxygens (including phenoxy) is 4. The van der Waals surface area contributed by atoms with Crippen molar-refractivity contribution >= 4 is 39.5 Å². The van der Waals surface area contributed by atoms with Crippen LogP contribution >= 0.6 is 15.6 Å². The zero-order valence-corrected chi connectivity index (χ0v) is 70.3. The monoisotopic (exact) mass is 1520 g/mol. The van der Waals surface area contributed by atoms with E-state index in [0.717, 1.165) is 108 Å². The molecule has 0 aromatic rings. The van der Waals surface area contributed by atoms with Crippen LogP contribution in [-0.4, -0.2) is 96.7 Å². The first kappa shape index (κ1) is 102. The zero-order chi connectivity index (χ0) is 76.5. The summed E-state index contributed by atoms with van der Waals surface area (Å²) in [5.41, 5.74) is 0. The molecule has 0 aliphatic heterocycles. The Morgan fingerprint density at radius 3 is 0.731 bits per heavy atom. The number of aliphatic hydroxyl groups excluding tert-OH is 1. The molecule has 618 valence electrons. The standard InChI is InChI=1S/C85H166O17P2/c1-8-11-12-13-14-15-16-17-18-19-20-21-22-23-27-30-33-36-39-44-52-59-66-82(87)95-72-80(101-84(89)68-61-54-45-40-37-34-31-28-25-24-26-29-32-35-38-43-50-57-64-77(6)9-2)74-99-103(91,92)97-70-79(86)71-98-104(93,94)100-75-81(102-85(90)69-62-55-46-41-42-49-56-63-76(4)5)73-96-83(88)67-60-53-48-47-51-58-65-78(7)10-3/h76-81,86H,8-75H2,1-7H3,(H,91,92)(H,93,94)/t77?,78?,79-,80-,81-/m1/s1. The van der Waals surface area contributed by atoms with E-state index in [1.165, 1.54) is 250 Å². The van der Waals surface area contributed by atoms with E-state index in [2.05, 4.69) is 48.5 Å². The lowest BCUT2D eigenvalue weighted by atomic mass is 9.99. The molecule has 0 radical (unpaired) electrons.